The summed E-state index contributed by atoms with van der Waals surface area (Å²) >= 11 is 0. The van der Waals surface area contributed by atoms with Crippen molar-refractivity contribution >= 4 is 17.9 Å². The Hall–Kier alpha value is -2.47. The predicted molar refractivity (Wildman–Crippen MR) is 194 cm³/mol. The van der Waals surface area contributed by atoms with Gasteiger partial charge in [0.25, 0.3) is 0 Å². The largest absolute Gasteiger partial charge is 0.481 e. The summed E-state index contributed by atoms with van der Waals surface area (Å²) in [5, 5.41) is 82.8. The number of rotatable bonds is 7. The smallest absolute Gasteiger partial charge is 0.335 e. The molecular formula is C41H60O15. The lowest BCUT2D eigenvalue weighted by molar-refractivity contribution is -0.371. The zero-order chi connectivity index (χ0) is 41.1. The third-order valence-electron chi connectivity index (χ3n) is 16.1. The molecule has 5 unspecified atom stereocenters. The third kappa shape index (κ3) is 6.30. The van der Waals surface area contributed by atoms with Crippen molar-refractivity contribution in [2.24, 2.45) is 44.8 Å². The van der Waals surface area contributed by atoms with Crippen LogP contribution in [0.15, 0.2) is 23.3 Å². The van der Waals surface area contributed by atoms with Crippen molar-refractivity contribution in [1.29, 1.82) is 0 Å². The van der Waals surface area contributed by atoms with Crippen LogP contribution in [0.5, 0.6) is 0 Å². The van der Waals surface area contributed by atoms with E-state index < -0.39 is 96.3 Å². The SMILES string of the molecule is CC1(C(=O)O)CCC2(C)CCC3C(=C2C1)C=CC1[C@@]3(C)CCC2C(C)(C)[C@@H](O[C@H]3O[C@H](C(=O)O)[C@@H](O)[C@H](O)[C@H]3O[C@@H]3O[C@H](C(=O)O)[C@@H](O)[C@H](O)[C@H]3O)CC[C@@]21C. The van der Waals surface area contributed by atoms with Crippen LogP contribution in [0, 0.1) is 44.8 Å². The van der Waals surface area contributed by atoms with Gasteiger partial charge in [-0.25, -0.2) is 9.59 Å². The van der Waals surface area contributed by atoms with Gasteiger partial charge >= 0.3 is 17.9 Å². The number of aliphatic hydroxyl groups excluding tert-OH is 5. The molecule has 0 aromatic carbocycles. The zero-order valence-corrected chi connectivity index (χ0v) is 33.0. The second-order valence-electron chi connectivity index (χ2n) is 19.6. The third-order valence-corrected chi connectivity index (χ3v) is 16.1. The van der Waals surface area contributed by atoms with Crippen LogP contribution in [0.1, 0.15) is 99.3 Å². The summed E-state index contributed by atoms with van der Waals surface area (Å²) in [6.07, 6.45) is -7.77. The molecule has 7 aliphatic rings. The molecule has 5 fully saturated rings. The first-order valence-electron chi connectivity index (χ1n) is 20.1. The van der Waals surface area contributed by atoms with E-state index in [2.05, 4.69) is 46.8 Å². The van der Waals surface area contributed by atoms with E-state index in [1.165, 1.54) is 11.1 Å². The van der Waals surface area contributed by atoms with Gasteiger partial charge < -0.3 is 59.8 Å². The van der Waals surface area contributed by atoms with Gasteiger partial charge in [0.15, 0.2) is 24.8 Å². The van der Waals surface area contributed by atoms with Crippen molar-refractivity contribution in [1.82, 2.24) is 0 Å². The summed E-state index contributed by atoms with van der Waals surface area (Å²) in [7, 11) is 0. The van der Waals surface area contributed by atoms with Crippen LogP contribution in [-0.2, 0) is 33.3 Å². The average Bonchev–Trinajstić information content (AvgIpc) is 3.12. The van der Waals surface area contributed by atoms with Crippen molar-refractivity contribution in [3.63, 3.8) is 0 Å². The number of aliphatic carboxylic acids is 3. The molecule has 18 atom stereocenters. The minimum atomic E-state index is -2.01. The molecule has 15 heteroatoms. The number of aliphatic hydroxyl groups is 5. The first kappa shape index (κ1) is 41.7. The molecule has 314 valence electrons. The molecule has 2 heterocycles. The Kier molecular flexibility index (Phi) is 10.5. The molecule has 7 rings (SSSR count). The highest BCUT2D eigenvalue weighted by atomic mass is 16.8. The minimum Gasteiger partial charge on any atom is -0.481 e. The second-order valence-corrected chi connectivity index (χ2v) is 19.6. The molecule has 0 aromatic heterocycles. The first-order chi connectivity index (χ1) is 26.0. The van der Waals surface area contributed by atoms with Gasteiger partial charge in [0, 0.05) is 0 Å². The highest BCUT2D eigenvalue weighted by molar-refractivity contribution is 5.75. The van der Waals surface area contributed by atoms with Crippen molar-refractivity contribution in [2.75, 3.05) is 0 Å². The maximum absolute atomic E-state index is 12.4. The summed E-state index contributed by atoms with van der Waals surface area (Å²) in [4.78, 5) is 36.3. The van der Waals surface area contributed by atoms with Gasteiger partial charge in [0.05, 0.1) is 11.5 Å². The normalized spacial score (nSPS) is 51.2. The summed E-state index contributed by atoms with van der Waals surface area (Å²) in [6, 6.07) is 0. The van der Waals surface area contributed by atoms with Crippen molar-refractivity contribution in [3.8, 4) is 0 Å². The van der Waals surface area contributed by atoms with Crippen LogP contribution in [0.25, 0.3) is 0 Å². The number of carboxylic acids is 3. The number of carboxylic acid groups (broad SMARTS) is 3. The summed E-state index contributed by atoms with van der Waals surface area (Å²) in [6.45, 7) is 13.2. The van der Waals surface area contributed by atoms with E-state index >= 15 is 0 Å². The fraction of sp³-hybridized carbons (Fsp3) is 0.829. The molecule has 56 heavy (non-hydrogen) atoms. The van der Waals surface area contributed by atoms with Crippen LogP contribution in [0.2, 0.25) is 0 Å². The Morgan fingerprint density at radius 2 is 1.29 bits per heavy atom. The standard InChI is InChI=1S/C41H60O15/c1-37(2)21-10-13-40(5)19-9-12-38(3)15-16-39(4,36(51)52)17-20(38)18(19)7-8-22(40)41(21,6)14-11-23(37)53-35-31(27(45)26(44)30(55-35)33(49)50)56-34-28(46)24(42)25(43)29(54-34)32(47)48/h7-8,19,21-31,34-35,42-46H,9-17H2,1-6H3,(H,47,48)(H,49,50)(H,51,52)/t19?,21?,22?,23-,24-,25-,26-,27-,28+,29-,30-,31+,34-,35-,38?,39?,40-,41-/m0/s1. The topological polar surface area (TPSA) is 250 Å². The molecular weight excluding hydrogens is 732 g/mol. The number of hydrogen-bond acceptors (Lipinski definition) is 12. The maximum atomic E-state index is 12.4. The van der Waals surface area contributed by atoms with Gasteiger partial charge in [-0.2, -0.15) is 0 Å². The van der Waals surface area contributed by atoms with Gasteiger partial charge in [-0.15, -0.1) is 0 Å². The molecule has 15 nitrogen and oxygen atoms in total. The summed E-state index contributed by atoms with van der Waals surface area (Å²) < 4.78 is 23.4. The van der Waals surface area contributed by atoms with Crippen molar-refractivity contribution < 1.29 is 74.2 Å². The Morgan fingerprint density at radius 3 is 1.91 bits per heavy atom. The van der Waals surface area contributed by atoms with E-state index in [9.17, 15) is 55.2 Å². The van der Waals surface area contributed by atoms with Crippen LogP contribution >= 0.6 is 0 Å². The van der Waals surface area contributed by atoms with Crippen LogP contribution in [-0.4, -0.2) is 126 Å². The maximum Gasteiger partial charge on any atom is 0.335 e. The monoisotopic (exact) mass is 792 g/mol. The predicted octanol–water partition coefficient (Wildman–Crippen LogP) is 2.60. The summed E-state index contributed by atoms with van der Waals surface area (Å²) in [5.41, 5.74) is 1.11. The molecule has 2 aliphatic heterocycles. The lowest BCUT2D eigenvalue weighted by Gasteiger charge is -2.67. The summed E-state index contributed by atoms with van der Waals surface area (Å²) in [5.74, 6) is -3.31. The molecule has 0 spiro atoms. The average molecular weight is 793 g/mol. The van der Waals surface area contributed by atoms with Gasteiger partial charge in [-0.3, -0.25) is 4.79 Å². The highest BCUT2D eigenvalue weighted by Crippen LogP contribution is 2.71. The van der Waals surface area contributed by atoms with Crippen molar-refractivity contribution in [3.05, 3.63) is 23.3 Å². The highest BCUT2D eigenvalue weighted by Gasteiger charge is 2.65. The Bertz CT molecular complexity index is 1660. The number of allylic oxidation sites excluding steroid dienone is 4. The van der Waals surface area contributed by atoms with E-state index in [-0.39, 0.29) is 28.1 Å². The van der Waals surface area contributed by atoms with E-state index in [4.69, 9.17) is 18.9 Å². The molecule has 5 aliphatic carbocycles. The van der Waals surface area contributed by atoms with Crippen LogP contribution in [0.3, 0.4) is 0 Å². The molecule has 0 bridgehead atoms. The number of ether oxygens (including phenoxy) is 4. The van der Waals surface area contributed by atoms with E-state index in [1.54, 1.807) is 0 Å². The van der Waals surface area contributed by atoms with Gasteiger partial charge in [0.1, 0.15) is 36.6 Å². The lowest BCUT2D eigenvalue weighted by atomic mass is 9.38. The number of carbonyl (C=O) groups is 3. The van der Waals surface area contributed by atoms with Crippen molar-refractivity contribution in [2.45, 2.75) is 167 Å². The zero-order valence-electron chi connectivity index (χ0n) is 33.0. The van der Waals surface area contributed by atoms with Gasteiger partial charge in [-0.05, 0) is 110 Å². The van der Waals surface area contributed by atoms with Crippen LogP contribution in [0.4, 0.5) is 0 Å². The molecule has 8 N–H and O–H groups in total. The Balaban J connectivity index is 1.16. The van der Waals surface area contributed by atoms with E-state index in [0.29, 0.717) is 25.2 Å². The fourth-order valence-electron chi connectivity index (χ4n) is 12.6. The van der Waals surface area contributed by atoms with Gasteiger partial charge in [0.2, 0.25) is 0 Å². The molecule has 3 saturated carbocycles. The molecule has 0 amide bonds. The molecule has 0 radical (unpaired) electrons. The molecule has 0 aromatic rings. The number of hydrogen-bond donors (Lipinski definition) is 8. The fourth-order valence-corrected chi connectivity index (χ4v) is 12.6. The Morgan fingerprint density at radius 1 is 0.679 bits per heavy atom. The lowest BCUT2D eigenvalue weighted by Crippen LogP contribution is -2.66. The minimum absolute atomic E-state index is 0.000914. The van der Waals surface area contributed by atoms with E-state index in [1.807, 2.05) is 6.92 Å². The van der Waals surface area contributed by atoms with Gasteiger partial charge in [-0.1, -0.05) is 52.3 Å². The van der Waals surface area contributed by atoms with E-state index in [0.717, 1.165) is 38.5 Å². The number of fused-ring (bicyclic) bond motifs is 6. The first-order valence-corrected chi connectivity index (χ1v) is 20.1. The molecule has 2 saturated heterocycles. The Labute approximate surface area is 326 Å². The quantitative estimate of drug-likeness (QED) is 0.173. The second kappa shape index (κ2) is 14.1. The van der Waals surface area contributed by atoms with Crippen LogP contribution < -0.4 is 0 Å².